The molecule has 0 aromatic heterocycles. The highest BCUT2D eigenvalue weighted by atomic mass is 35.5. The summed E-state index contributed by atoms with van der Waals surface area (Å²) in [6.07, 6.45) is 1.04. The number of carbonyl (C=O) groups is 1. The van der Waals surface area contributed by atoms with E-state index in [-0.39, 0.29) is 0 Å². The summed E-state index contributed by atoms with van der Waals surface area (Å²) in [7, 11) is 0. The van der Waals surface area contributed by atoms with E-state index >= 15 is 0 Å². The summed E-state index contributed by atoms with van der Waals surface area (Å²) in [5.41, 5.74) is 2.73. The number of nitrogens with one attached hydrogen (secondary N) is 1. The van der Waals surface area contributed by atoms with E-state index in [4.69, 9.17) is 16.3 Å². The Morgan fingerprint density at radius 2 is 1.48 bits per heavy atom. The minimum absolute atomic E-state index is 0.570. The second kappa shape index (κ2) is 6.73. The number of nitrogens with zero attached hydrogens (tertiary/aromatic N) is 1. The molecule has 3 aromatic carbocycles. The Bertz CT molecular complexity index is 917. The van der Waals surface area contributed by atoms with Crippen molar-refractivity contribution in [1.82, 2.24) is 5.43 Å². The van der Waals surface area contributed by atoms with Gasteiger partial charge in [-0.3, -0.25) is 0 Å². The normalized spacial score (nSPS) is 12.0. The fourth-order valence-corrected chi connectivity index (χ4v) is 3.03. The van der Waals surface area contributed by atoms with Crippen LogP contribution in [0.2, 0.25) is 5.02 Å². The van der Waals surface area contributed by atoms with Crippen LogP contribution in [0.1, 0.15) is 26.3 Å². The smallest absolute Gasteiger partial charge is 0.428 e. The number of hydrogen-bond donors (Lipinski definition) is 1. The van der Waals surface area contributed by atoms with Crippen LogP contribution in [0, 0.1) is 0 Å². The molecule has 0 saturated heterocycles. The van der Waals surface area contributed by atoms with Crippen LogP contribution in [-0.4, -0.2) is 17.9 Å². The van der Waals surface area contributed by atoms with E-state index < -0.39 is 11.7 Å². The van der Waals surface area contributed by atoms with Gasteiger partial charge in [-0.1, -0.05) is 60.1 Å². The summed E-state index contributed by atoms with van der Waals surface area (Å²) in [4.78, 5) is 11.8. The molecule has 0 aliphatic heterocycles. The van der Waals surface area contributed by atoms with Crippen molar-refractivity contribution in [3.63, 3.8) is 0 Å². The summed E-state index contributed by atoms with van der Waals surface area (Å²) < 4.78 is 5.18. The Labute approximate surface area is 151 Å². The van der Waals surface area contributed by atoms with Gasteiger partial charge in [0.25, 0.3) is 0 Å². The lowest BCUT2D eigenvalue weighted by molar-refractivity contribution is 0.0529. The van der Waals surface area contributed by atoms with E-state index in [1.165, 1.54) is 0 Å². The third-order valence-corrected chi connectivity index (χ3v) is 4.06. The molecule has 0 bridgehead atoms. The van der Waals surface area contributed by atoms with E-state index in [9.17, 15) is 4.79 Å². The number of hydrogen-bond acceptors (Lipinski definition) is 3. The van der Waals surface area contributed by atoms with E-state index in [2.05, 4.69) is 10.5 Å². The van der Waals surface area contributed by atoms with Crippen LogP contribution in [0.3, 0.4) is 0 Å². The molecule has 0 unspecified atom stereocenters. The van der Waals surface area contributed by atoms with E-state index in [1.54, 1.807) is 27.0 Å². The Kier molecular flexibility index (Phi) is 4.64. The molecule has 0 spiro atoms. The van der Waals surface area contributed by atoms with E-state index in [1.807, 2.05) is 48.5 Å². The lowest BCUT2D eigenvalue weighted by Gasteiger charge is -2.18. The van der Waals surface area contributed by atoms with Crippen LogP contribution in [0.25, 0.3) is 21.5 Å². The molecule has 128 valence electrons. The highest BCUT2D eigenvalue weighted by molar-refractivity contribution is 6.42. The van der Waals surface area contributed by atoms with Gasteiger partial charge >= 0.3 is 6.09 Å². The minimum Gasteiger partial charge on any atom is -0.443 e. The van der Waals surface area contributed by atoms with Gasteiger partial charge in [0, 0.05) is 16.3 Å². The van der Waals surface area contributed by atoms with Crippen LogP contribution in [0.15, 0.2) is 53.6 Å². The summed E-state index contributed by atoms with van der Waals surface area (Å²) >= 11 is 6.57. The second-order valence-corrected chi connectivity index (χ2v) is 7.07. The number of ether oxygens (including phenoxy) is 1. The average Bonchev–Trinajstić information content (AvgIpc) is 2.56. The molecule has 0 aliphatic rings. The summed E-state index contributed by atoms with van der Waals surface area (Å²) in [6.45, 7) is 5.41. The maximum Gasteiger partial charge on any atom is 0.428 e. The molecule has 4 nitrogen and oxygen atoms in total. The first kappa shape index (κ1) is 17.2. The minimum atomic E-state index is -0.591. The topological polar surface area (TPSA) is 50.7 Å². The number of hydrazone groups is 1. The van der Waals surface area contributed by atoms with Crippen molar-refractivity contribution in [2.45, 2.75) is 26.4 Å². The molecule has 5 heteroatoms. The highest BCUT2D eigenvalue weighted by Gasteiger charge is 2.15. The Hall–Kier alpha value is -2.59. The first-order valence-corrected chi connectivity index (χ1v) is 8.35. The molecule has 0 radical (unpaired) electrons. The summed E-state index contributed by atoms with van der Waals surface area (Å²) in [5, 5.41) is 8.61. The molecule has 0 aliphatic carbocycles. The molecule has 1 amide bonds. The average molecular weight is 355 g/mol. The van der Waals surface area contributed by atoms with Crippen molar-refractivity contribution >= 4 is 45.5 Å². The van der Waals surface area contributed by atoms with Crippen molar-refractivity contribution in [2.75, 3.05) is 0 Å². The molecule has 0 heterocycles. The number of carbonyl (C=O) groups excluding carboxylic acids is 1. The highest BCUT2D eigenvalue weighted by Crippen LogP contribution is 2.35. The zero-order valence-electron chi connectivity index (χ0n) is 14.3. The number of benzene rings is 3. The standard InChI is InChI=1S/C20H19ClN2O2/c1-20(2,3)25-19(24)23-22-12-17-13-8-4-6-10-15(13)18(21)16-11-7-5-9-14(16)17/h4-12H,1-3H3,(H,23,24)/b22-12-. The lowest BCUT2D eigenvalue weighted by atomic mass is 9.97. The summed E-state index contributed by atoms with van der Waals surface area (Å²) in [6, 6.07) is 15.7. The monoisotopic (exact) mass is 354 g/mol. The first-order chi connectivity index (χ1) is 11.9. The number of fused-ring (bicyclic) bond motifs is 2. The lowest BCUT2D eigenvalue weighted by Crippen LogP contribution is -2.29. The number of rotatable bonds is 2. The Morgan fingerprint density at radius 1 is 1.00 bits per heavy atom. The third-order valence-electron chi connectivity index (χ3n) is 3.66. The van der Waals surface area contributed by atoms with E-state index in [0.29, 0.717) is 5.02 Å². The summed E-state index contributed by atoms with van der Waals surface area (Å²) in [5.74, 6) is 0. The van der Waals surface area contributed by atoms with Crippen molar-refractivity contribution in [1.29, 1.82) is 0 Å². The SMILES string of the molecule is CC(C)(C)OC(=O)N/N=C\c1c2ccccc2c(Cl)c2ccccc12. The van der Waals surface area contributed by atoms with Crippen molar-refractivity contribution < 1.29 is 9.53 Å². The van der Waals surface area contributed by atoms with Gasteiger partial charge in [-0.2, -0.15) is 5.10 Å². The van der Waals surface area contributed by atoms with Crippen LogP contribution in [0.5, 0.6) is 0 Å². The zero-order chi connectivity index (χ0) is 18.0. The van der Waals surface area contributed by atoms with Gasteiger partial charge in [-0.05, 0) is 31.5 Å². The molecule has 1 N–H and O–H groups in total. The Balaban J connectivity index is 2.04. The quantitative estimate of drug-likeness (QED) is 0.375. The molecular formula is C20H19ClN2O2. The van der Waals surface area contributed by atoms with Crippen LogP contribution in [0.4, 0.5) is 4.79 Å². The molecule has 0 atom stereocenters. The fraction of sp³-hybridized carbons (Fsp3) is 0.200. The van der Waals surface area contributed by atoms with Crippen LogP contribution in [-0.2, 0) is 4.74 Å². The Morgan fingerprint density at radius 3 is 1.96 bits per heavy atom. The van der Waals surface area contributed by atoms with Crippen molar-refractivity contribution in [3.05, 3.63) is 59.1 Å². The van der Waals surface area contributed by atoms with Crippen LogP contribution >= 0.6 is 11.6 Å². The van der Waals surface area contributed by atoms with Gasteiger partial charge in [0.1, 0.15) is 5.60 Å². The molecule has 3 aromatic rings. The molecule has 0 fully saturated rings. The largest absolute Gasteiger partial charge is 0.443 e. The zero-order valence-corrected chi connectivity index (χ0v) is 15.1. The number of halogens is 1. The maximum absolute atomic E-state index is 11.8. The van der Waals surface area contributed by atoms with Crippen LogP contribution < -0.4 is 5.43 Å². The predicted molar refractivity (Wildman–Crippen MR) is 103 cm³/mol. The molecule has 3 rings (SSSR count). The maximum atomic E-state index is 11.8. The third kappa shape index (κ3) is 3.74. The molecule has 0 saturated carbocycles. The fourth-order valence-electron chi connectivity index (χ4n) is 2.70. The van der Waals surface area contributed by atoms with Crippen molar-refractivity contribution in [3.8, 4) is 0 Å². The van der Waals surface area contributed by atoms with Gasteiger partial charge in [-0.15, -0.1) is 0 Å². The van der Waals surface area contributed by atoms with Crippen molar-refractivity contribution in [2.24, 2.45) is 5.10 Å². The molecular weight excluding hydrogens is 336 g/mol. The van der Waals surface area contributed by atoms with Gasteiger partial charge in [0.15, 0.2) is 0 Å². The predicted octanol–water partition coefficient (Wildman–Crippen LogP) is 5.51. The number of amides is 1. The van der Waals surface area contributed by atoms with Gasteiger partial charge in [0.2, 0.25) is 0 Å². The van der Waals surface area contributed by atoms with E-state index in [0.717, 1.165) is 27.1 Å². The van der Waals surface area contributed by atoms with Gasteiger partial charge in [-0.25, -0.2) is 10.2 Å². The van der Waals surface area contributed by atoms with Gasteiger partial charge < -0.3 is 4.74 Å². The molecule has 25 heavy (non-hydrogen) atoms. The van der Waals surface area contributed by atoms with Gasteiger partial charge in [0.05, 0.1) is 11.2 Å². The first-order valence-electron chi connectivity index (χ1n) is 7.98. The second-order valence-electron chi connectivity index (χ2n) is 6.69.